The number of halogens is 1. The van der Waals surface area contributed by atoms with Crippen molar-refractivity contribution in [3.63, 3.8) is 0 Å². The van der Waals surface area contributed by atoms with Crippen LogP contribution in [-0.2, 0) is 17.2 Å². The third-order valence-corrected chi connectivity index (χ3v) is 3.99. The van der Waals surface area contributed by atoms with E-state index in [9.17, 15) is 9.18 Å². The first kappa shape index (κ1) is 16.6. The van der Waals surface area contributed by atoms with Crippen LogP contribution >= 0.6 is 0 Å². The van der Waals surface area contributed by atoms with Crippen LogP contribution in [-0.4, -0.2) is 39.6 Å². The van der Waals surface area contributed by atoms with E-state index < -0.39 is 11.1 Å². The highest BCUT2D eigenvalue weighted by atomic mass is 19.1. The fourth-order valence-electron chi connectivity index (χ4n) is 2.45. The topological polar surface area (TPSA) is 71.2 Å². The van der Waals surface area contributed by atoms with E-state index in [1.54, 1.807) is 6.07 Å². The molecule has 24 heavy (non-hydrogen) atoms. The van der Waals surface area contributed by atoms with Gasteiger partial charge in [-0.05, 0) is 27.5 Å². The molecule has 2 aromatic rings. The molecule has 0 atom stereocenters. The molecular formula is C16H21FN4O3. The maximum Gasteiger partial charge on any atom is 0.368 e. The Morgan fingerprint density at radius 2 is 2.04 bits per heavy atom. The van der Waals surface area contributed by atoms with Gasteiger partial charge in [-0.25, -0.2) is 9.18 Å². The van der Waals surface area contributed by atoms with Gasteiger partial charge in [-0.2, -0.15) is 9.36 Å². The van der Waals surface area contributed by atoms with Crippen LogP contribution < -0.4 is 10.4 Å². The Bertz CT molecular complexity index is 803. The molecule has 0 unspecified atom stereocenters. The molecule has 3 rings (SSSR count). The third kappa shape index (κ3) is 3.06. The summed E-state index contributed by atoms with van der Waals surface area (Å²) in [6.07, 6.45) is 0. The summed E-state index contributed by atoms with van der Waals surface area (Å²) in [4.78, 5) is 12.2. The average molecular weight is 336 g/mol. The molecule has 7 nitrogen and oxygen atoms in total. The molecule has 8 heteroatoms. The van der Waals surface area contributed by atoms with E-state index in [0.717, 1.165) is 9.36 Å². The van der Waals surface area contributed by atoms with E-state index in [-0.39, 0.29) is 17.5 Å². The van der Waals surface area contributed by atoms with Gasteiger partial charge in [0.1, 0.15) is 17.3 Å². The van der Waals surface area contributed by atoms with Gasteiger partial charge in [0.25, 0.3) is 0 Å². The predicted octanol–water partition coefficient (Wildman–Crippen LogP) is 1.43. The van der Waals surface area contributed by atoms with E-state index in [1.807, 2.05) is 20.8 Å². The van der Waals surface area contributed by atoms with Crippen molar-refractivity contribution in [1.29, 1.82) is 0 Å². The monoisotopic (exact) mass is 336 g/mol. The third-order valence-electron chi connectivity index (χ3n) is 3.99. The molecule has 0 radical (unpaired) electrons. The lowest BCUT2D eigenvalue weighted by Gasteiger charge is -2.27. The zero-order valence-corrected chi connectivity index (χ0v) is 14.2. The molecule has 0 bridgehead atoms. The summed E-state index contributed by atoms with van der Waals surface area (Å²) < 4.78 is 27.6. The summed E-state index contributed by atoms with van der Waals surface area (Å²) >= 11 is 0. The second-order valence-electron chi connectivity index (χ2n) is 7.06. The highest BCUT2D eigenvalue weighted by molar-refractivity contribution is 5.50. The number of benzene rings is 1. The minimum absolute atomic E-state index is 0.273. The van der Waals surface area contributed by atoms with Crippen molar-refractivity contribution in [3.8, 4) is 11.4 Å². The highest BCUT2D eigenvalue weighted by Crippen LogP contribution is 2.32. The number of ether oxygens (including phenoxy) is 2. The molecule has 0 N–H and O–H groups in total. The smallest absolute Gasteiger partial charge is 0.368 e. The lowest BCUT2D eigenvalue weighted by Crippen LogP contribution is -2.33. The Labute approximate surface area is 139 Å². The van der Waals surface area contributed by atoms with Crippen LogP contribution in [0.2, 0.25) is 0 Å². The van der Waals surface area contributed by atoms with Gasteiger partial charge in [-0.15, -0.1) is 0 Å². The van der Waals surface area contributed by atoms with Crippen LogP contribution in [0, 0.1) is 11.7 Å². The van der Waals surface area contributed by atoms with Crippen molar-refractivity contribution < 1.29 is 13.9 Å². The fraction of sp³-hybridized carbons (Fsp3) is 0.562. The SMILES string of the molecule is Cn1nnn(-c2cc(C(C)(C)C)c(F)cc2OCC2COC2)c1=O. The number of rotatable bonds is 4. The fourth-order valence-corrected chi connectivity index (χ4v) is 2.45. The first-order valence-corrected chi connectivity index (χ1v) is 7.81. The number of tetrazole rings is 1. The first-order chi connectivity index (χ1) is 11.3. The summed E-state index contributed by atoms with van der Waals surface area (Å²) in [5, 5.41) is 7.57. The van der Waals surface area contributed by atoms with Crippen LogP contribution in [0.25, 0.3) is 5.69 Å². The maximum atomic E-state index is 14.5. The second-order valence-corrected chi connectivity index (χ2v) is 7.06. The highest BCUT2D eigenvalue weighted by Gasteiger charge is 2.25. The largest absolute Gasteiger partial charge is 0.491 e. The number of hydrogen-bond donors (Lipinski definition) is 0. The average Bonchev–Trinajstić information content (AvgIpc) is 2.76. The molecule has 1 aliphatic rings. The van der Waals surface area contributed by atoms with Gasteiger partial charge in [0.2, 0.25) is 0 Å². The minimum Gasteiger partial charge on any atom is -0.491 e. The molecule has 0 aliphatic carbocycles. The zero-order chi connectivity index (χ0) is 17.5. The van der Waals surface area contributed by atoms with Crippen molar-refractivity contribution >= 4 is 0 Å². The van der Waals surface area contributed by atoms with Gasteiger partial charge in [-0.1, -0.05) is 20.8 Å². The lowest BCUT2D eigenvalue weighted by molar-refractivity contribution is -0.0508. The van der Waals surface area contributed by atoms with E-state index in [2.05, 4.69) is 10.4 Å². The number of hydrogen-bond acceptors (Lipinski definition) is 5. The van der Waals surface area contributed by atoms with Crippen LogP contribution in [0.4, 0.5) is 4.39 Å². The summed E-state index contributed by atoms with van der Waals surface area (Å²) in [5.74, 6) is 0.180. The molecule has 1 saturated heterocycles. The molecule has 2 heterocycles. The Morgan fingerprint density at radius 1 is 1.33 bits per heavy atom. The van der Waals surface area contributed by atoms with Gasteiger partial charge in [0, 0.05) is 19.0 Å². The van der Waals surface area contributed by atoms with Crippen molar-refractivity contribution in [3.05, 3.63) is 34.0 Å². The molecule has 1 aliphatic heterocycles. The summed E-state index contributed by atoms with van der Waals surface area (Å²) in [6.45, 7) is 7.37. The Balaban J connectivity index is 2.07. The molecule has 0 saturated carbocycles. The van der Waals surface area contributed by atoms with E-state index in [4.69, 9.17) is 9.47 Å². The molecule has 0 spiro atoms. The van der Waals surface area contributed by atoms with Crippen molar-refractivity contribution in [2.24, 2.45) is 13.0 Å². The summed E-state index contributed by atoms with van der Waals surface area (Å²) in [5.41, 5.74) is 0.0256. The molecule has 0 amide bonds. The molecule has 1 fully saturated rings. The number of aromatic nitrogens is 4. The second kappa shape index (κ2) is 6.01. The van der Waals surface area contributed by atoms with Gasteiger partial charge >= 0.3 is 5.69 Å². The van der Waals surface area contributed by atoms with Gasteiger partial charge in [0.05, 0.1) is 19.8 Å². The predicted molar refractivity (Wildman–Crippen MR) is 85.1 cm³/mol. The first-order valence-electron chi connectivity index (χ1n) is 7.81. The molecule has 1 aromatic carbocycles. The number of nitrogens with zero attached hydrogens (tertiary/aromatic N) is 4. The summed E-state index contributed by atoms with van der Waals surface area (Å²) in [6, 6.07) is 2.93. The van der Waals surface area contributed by atoms with Crippen LogP contribution in [0.3, 0.4) is 0 Å². The van der Waals surface area contributed by atoms with E-state index >= 15 is 0 Å². The van der Waals surface area contributed by atoms with Gasteiger partial charge in [-0.3, -0.25) is 0 Å². The lowest BCUT2D eigenvalue weighted by atomic mass is 9.86. The Hall–Kier alpha value is -2.22. The van der Waals surface area contributed by atoms with Crippen LogP contribution in [0.5, 0.6) is 5.75 Å². The van der Waals surface area contributed by atoms with E-state index in [1.165, 1.54) is 13.1 Å². The molecule has 130 valence electrons. The summed E-state index contributed by atoms with van der Waals surface area (Å²) in [7, 11) is 1.51. The van der Waals surface area contributed by atoms with Crippen molar-refractivity contribution in [2.45, 2.75) is 26.2 Å². The van der Waals surface area contributed by atoms with Gasteiger partial charge in [0.15, 0.2) is 0 Å². The normalized spacial score (nSPS) is 15.4. The maximum absolute atomic E-state index is 14.5. The number of aryl methyl sites for hydroxylation is 1. The standard InChI is InChI=1S/C16H21FN4O3/c1-16(2,3)11-5-13(21-15(22)20(4)18-19-21)14(6-12(11)17)24-9-10-7-23-8-10/h5-6,10H,7-9H2,1-4H3. The minimum atomic E-state index is -0.426. The van der Waals surface area contributed by atoms with Crippen molar-refractivity contribution in [1.82, 2.24) is 19.8 Å². The van der Waals surface area contributed by atoms with Crippen LogP contribution in [0.1, 0.15) is 26.3 Å². The molecule has 1 aromatic heterocycles. The quantitative estimate of drug-likeness (QED) is 0.845. The molecular weight excluding hydrogens is 315 g/mol. The zero-order valence-electron chi connectivity index (χ0n) is 14.2. The Morgan fingerprint density at radius 3 is 2.54 bits per heavy atom. The van der Waals surface area contributed by atoms with Crippen molar-refractivity contribution in [2.75, 3.05) is 19.8 Å². The van der Waals surface area contributed by atoms with E-state index in [0.29, 0.717) is 31.1 Å². The Kier molecular flexibility index (Phi) is 4.16. The van der Waals surface area contributed by atoms with Crippen LogP contribution in [0.15, 0.2) is 16.9 Å². The van der Waals surface area contributed by atoms with Gasteiger partial charge < -0.3 is 9.47 Å².